The van der Waals surface area contributed by atoms with E-state index in [0.717, 1.165) is 25.9 Å². The first kappa shape index (κ1) is 24.9. The average Bonchev–Trinajstić information content (AvgIpc) is 3.45. The molecule has 0 bridgehead atoms. The van der Waals surface area contributed by atoms with Crippen LogP contribution in [0.15, 0.2) is 55.0 Å². The van der Waals surface area contributed by atoms with Crippen LogP contribution in [0.5, 0.6) is 5.75 Å². The van der Waals surface area contributed by atoms with Gasteiger partial charge in [0.25, 0.3) is 5.91 Å². The number of ether oxygens (including phenoxy) is 1. The molecular formula is C23H22Cl2F2N6O2. The molecule has 1 amide bonds. The zero-order valence-electron chi connectivity index (χ0n) is 18.3. The molecule has 2 N–H and O–H groups in total. The smallest absolute Gasteiger partial charge is 0.387 e. The molecule has 12 heteroatoms. The number of hydrogen-bond donors (Lipinski definition) is 2. The van der Waals surface area contributed by atoms with Crippen LogP contribution in [0.4, 0.5) is 14.5 Å². The van der Waals surface area contributed by atoms with Gasteiger partial charge >= 0.3 is 6.61 Å². The molecule has 0 aliphatic carbocycles. The SMILES string of the molecule is Cl.O=C(Nc1cn(C2CCNCC2)nc1-c1cc(Cl)ccc1OC(F)F)c1cnn2ccccc12. The monoisotopic (exact) mass is 522 g/mol. The second-order valence-corrected chi connectivity index (χ2v) is 8.35. The quantitative estimate of drug-likeness (QED) is 0.370. The minimum Gasteiger partial charge on any atom is -0.434 e. The molecular weight excluding hydrogens is 501 g/mol. The lowest BCUT2D eigenvalue weighted by Gasteiger charge is -2.22. The molecule has 4 aromatic rings. The fourth-order valence-corrected chi connectivity index (χ4v) is 4.30. The van der Waals surface area contributed by atoms with E-state index in [1.807, 2.05) is 12.1 Å². The summed E-state index contributed by atoms with van der Waals surface area (Å²) in [4.78, 5) is 13.2. The van der Waals surface area contributed by atoms with Crippen LogP contribution >= 0.6 is 24.0 Å². The van der Waals surface area contributed by atoms with Crippen LogP contribution < -0.4 is 15.4 Å². The van der Waals surface area contributed by atoms with Gasteiger partial charge in [-0.05, 0) is 56.3 Å². The standard InChI is InChI=1S/C23H21ClF2N6O2.ClH/c24-14-4-5-20(34-23(25)26)16(11-14)21-18(13-32(30-21)15-6-8-27-9-7-15)29-22(33)17-12-28-31-10-2-1-3-19(17)31;/h1-5,10-13,15,23,27H,6-9H2,(H,29,33);1H. The third-order valence-corrected chi connectivity index (χ3v) is 5.98. The van der Waals surface area contributed by atoms with Crippen LogP contribution in [0.3, 0.4) is 0 Å². The van der Waals surface area contributed by atoms with Gasteiger partial charge in [-0.2, -0.15) is 19.0 Å². The van der Waals surface area contributed by atoms with Crippen molar-refractivity contribution in [2.75, 3.05) is 18.4 Å². The van der Waals surface area contributed by atoms with Gasteiger partial charge in [0.05, 0.1) is 29.0 Å². The number of amides is 1. The van der Waals surface area contributed by atoms with Crippen molar-refractivity contribution in [1.82, 2.24) is 24.7 Å². The van der Waals surface area contributed by atoms with Crippen molar-refractivity contribution in [3.63, 3.8) is 0 Å². The van der Waals surface area contributed by atoms with Crippen molar-refractivity contribution in [1.29, 1.82) is 0 Å². The number of pyridine rings is 1. The van der Waals surface area contributed by atoms with Gasteiger partial charge < -0.3 is 15.4 Å². The third-order valence-electron chi connectivity index (χ3n) is 5.75. The molecule has 1 saturated heterocycles. The molecule has 3 aromatic heterocycles. The van der Waals surface area contributed by atoms with Crippen LogP contribution in [0.2, 0.25) is 5.02 Å². The number of aromatic nitrogens is 4. The summed E-state index contributed by atoms with van der Waals surface area (Å²) in [5, 5.41) is 15.4. The molecule has 5 rings (SSSR count). The molecule has 4 heterocycles. The number of nitrogens with one attached hydrogen (secondary N) is 2. The van der Waals surface area contributed by atoms with E-state index in [2.05, 4.69) is 20.8 Å². The van der Waals surface area contributed by atoms with Crippen molar-refractivity contribution in [2.45, 2.75) is 25.5 Å². The first-order valence-corrected chi connectivity index (χ1v) is 11.2. The maximum Gasteiger partial charge on any atom is 0.387 e. The molecule has 35 heavy (non-hydrogen) atoms. The molecule has 184 valence electrons. The van der Waals surface area contributed by atoms with Gasteiger partial charge in [0.2, 0.25) is 0 Å². The van der Waals surface area contributed by atoms with Gasteiger partial charge in [0.1, 0.15) is 11.4 Å². The fourth-order valence-electron chi connectivity index (χ4n) is 4.13. The molecule has 0 unspecified atom stereocenters. The van der Waals surface area contributed by atoms with Gasteiger partial charge in [-0.1, -0.05) is 17.7 Å². The Morgan fingerprint density at radius 1 is 1.23 bits per heavy atom. The Hall–Kier alpha value is -3.21. The zero-order valence-corrected chi connectivity index (χ0v) is 19.9. The maximum atomic E-state index is 13.2. The first-order chi connectivity index (χ1) is 16.5. The highest BCUT2D eigenvalue weighted by Gasteiger charge is 2.24. The fraction of sp³-hybridized carbons (Fsp3) is 0.261. The number of halogens is 4. The number of anilines is 1. The Bertz CT molecular complexity index is 1340. The third kappa shape index (κ3) is 5.24. The molecule has 1 aliphatic heterocycles. The van der Waals surface area contributed by atoms with Gasteiger partial charge in [-0.3, -0.25) is 9.48 Å². The number of fused-ring (bicyclic) bond motifs is 1. The number of rotatable bonds is 6. The lowest BCUT2D eigenvalue weighted by molar-refractivity contribution is -0.0494. The Balaban J connectivity index is 0.00000289. The maximum absolute atomic E-state index is 13.2. The van der Waals surface area contributed by atoms with E-state index in [1.54, 1.807) is 27.7 Å². The predicted molar refractivity (Wildman–Crippen MR) is 131 cm³/mol. The summed E-state index contributed by atoms with van der Waals surface area (Å²) in [6.07, 6.45) is 6.64. The van der Waals surface area contributed by atoms with Crippen molar-refractivity contribution in [3.05, 3.63) is 65.6 Å². The lowest BCUT2D eigenvalue weighted by atomic mass is 10.1. The minimum absolute atomic E-state index is 0. The summed E-state index contributed by atoms with van der Waals surface area (Å²) in [5.41, 5.74) is 1.92. The number of hydrogen-bond acceptors (Lipinski definition) is 5. The van der Waals surface area contributed by atoms with E-state index in [1.165, 1.54) is 24.4 Å². The second-order valence-electron chi connectivity index (χ2n) is 7.91. The molecule has 8 nitrogen and oxygen atoms in total. The van der Waals surface area contributed by atoms with Crippen molar-refractivity contribution >= 4 is 41.1 Å². The molecule has 1 aromatic carbocycles. The Labute approximate surface area is 210 Å². The highest BCUT2D eigenvalue weighted by atomic mass is 35.5. The molecule has 1 aliphatic rings. The van der Waals surface area contributed by atoms with Gasteiger partial charge in [0.15, 0.2) is 0 Å². The summed E-state index contributed by atoms with van der Waals surface area (Å²) in [7, 11) is 0. The molecule has 0 spiro atoms. The van der Waals surface area contributed by atoms with Gasteiger partial charge in [-0.15, -0.1) is 12.4 Å². The van der Waals surface area contributed by atoms with E-state index in [9.17, 15) is 13.6 Å². The summed E-state index contributed by atoms with van der Waals surface area (Å²) >= 11 is 6.18. The highest BCUT2D eigenvalue weighted by Crippen LogP contribution is 2.38. The van der Waals surface area contributed by atoms with Crippen LogP contribution in [-0.4, -0.2) is 45.0 Å². The van der Waals surface area contributed by atoms with E-state index >= 15 is 0 Å². The second kappa shape index (κ2) is 10.6. The average molecular weight is 523 g/mol. The largest absolute Gasteiger partial charge is 0.434 e. The number of carbonyl (C=O) groups is 1. The minimum atomic E-state index is -3.02. The number of carbonyl (C=O) groups excluding carboxylic acids is 1. The summed E-state index contributed by atoms with van der Waals surface area (Å²) in [6.45, 7) is -1.36. The highest BCUT2D eigenvalue weighted by molar-refractivity contribution is 6.31. The zero-order chi connectivity index (χ0) is 23.7. The Morgan fingerprint density at radius 2 is 2.03 bits per heavy atom. The van der Waals surface area contributed by atoms with Crippen LogP contribution in [0.25, 0.3) is 16.8 Å². The van der Waals surface area contributed by atoms with E-state index < -0.39 is 12.5 Å². The number of benzene rings is 1. The number of nitrogens with zero attached hydrogens (tertiary/aromatic N) is 4. The lowest BCUT2D eigenvalue weighted by Crippen LogP contribution is -2.29. The van der Waals surface area contributed by atoms with Crippen molar-refractivity contribution < 1.29 is 18.3 Å². The van der Waals surface area contributed by atoms with E-state index in [-0.39, 0.29) is 29.8 Å². The van der Waals surface area contributed by atoms with Crippen molar-refractivity contribution in [3.8, 4) is 17.0 Å². The topological polar surface area (TPSA) is 85.5 Å². The van der Waals surface area contributed by atoms with E-state index in [0.29, 0.717) is 27.5 Å². The number of alkyl halides is 2. The summed E-state index contributed by atoms with van der Waals surface area (Å²) in [6, 6.07) is 9.84. The predicted octanol–water partition coefficient (Wildman–Crippen LogP) is 5.05. The van der Waals surface area contributed by atoms with E-state index in [4.69, 9.17) is 16.3 Å². The van der Waals surface area contributed by atoms with Crippen LogP contribution in [0, 0.1) is 0 Å². The first-order valence-electron chi connectivity index (χ1n) is 10.8. The normalized spacial score (nSPS) is 14.2. The summed E-state index contributed by atoms with van der Waals surface area (Å²) in [5.74, 6) is -0.480. The Morgan fingerprint density at radius 3 is 2.80 bits per heavy atom. The molecule has 0 atom stereocenters. The number of piperidine rings is 1. The van der Waals surface area contributed by atoms with Crippen molar-refractivity contribution in [2.24, 2.45) is 0 Å². The molecule has 0 saturated carbocycles. The summed E-state index contributed by atoms with van der Waals surface area (Å²) < 4.78 is 34.3. The van der Waals surface area contributed by atoms with Gasteiger partial charge in [-0.25, -0.2) is 4.52 Å². The van der Waals surface area contributed by atoms with Crippen LogP contribution in [0.1, 0.15) is 29.2 Å². The molecule has 1 fully saturated rings. The van der Waals surface area contributed by atoms with Crippen LogP contribution in [-0.2, 0) is 0 Å². The molecule has 0 radical (unpaired) electrons. The Kier molecular flexibility index (Phi) is 7.54. The van der Waals surface area contributed by atoms with Gasteiger partial charge in [0, 0.05) is 23.0 Å².